The Kier molecular flexibility index (Phi) is 8.21. The monoisotopic (exact) mass is 628 g/mol. The van der Waals surface area contributed by atoms with Gasteiger partial charge in [0.15, 0.2) is 11.5 Å². The average molecular weight is 630 g/mol. The second-order valence-corrected chi connectivity index (χ2v) is 11.8. The molecule has 41 heavy (non-hydrogen) atoms. The molecule has 1 aliphatic carbocycles. The predicted octanol–water partition coefficient (Wildman–Crippen LogP) is 8.40. The van der Waals surface area contributed by atoms with Crippen LogP contribution in [0.5, 0.6) is 11.5 Å². The van der Waals surface area contributed by atoms with Crippen molar-refractivity contribution in [2.24, 2.45) is 4.99 Å². The number of carbonyl (C=O) groups excluding carboxylic acids is 1. The molecule has 0 unspecified atom stereocenters. The van der Waals surface area contributed by atoms with E-state index in [1.807, 2.05) is 42.5 Å². The number of aryl methyl sites for hydroxylation is 1. The first-order valence-electron chi connectivity index (χ1n) is 13.6. The number of nitrogens with zero attached hydrogens (tertiary/aromatic N) is 1. The lowest BCUT2D eigenvalue weighted by molar-refractivity contribution is 0.0948. The minimum Gasteiger partial charge on any atom is -0.493 e. The first kappa shape index (κ1) is 27.3. The second kappa shape index (κ2) is 12.3. The molecule has 6 nitrogen and oxygen atoms in total. The van der Waals surface area contributed by atoms with Crippen molar-refractivity contribution < 1.29 is 18.7 Å². The van der Waals surface area contributed by atoms with Gasteiger partial charge in [-0.1, -0.05) is 42.5 Å². The third-order valence-electron chi connectivity index (χ3n) is 7.22. The Morgan fingerprint density at radius 1 is 1.10 bits per heavy atom. The van der Waals surface area contributed by atoms with Crippen LogP contribution in [0.4, 0.5) is 5.00 Å². The van der Waals surface area contributed by atoms with Crippen molar-refractivity contribution in [1.29, 1.82) is 0 Å². The van der Waals surface area contributed by atoms with E-state index in [-0.39, 0.29) is 5.91 Å². The smallest absolute Gasteiger partial charge is 0.255 e. The third kappa shape index (κ3) is 5.94. The van der Waals surface area contributed by atoms with E-state index >= 15 is 0 Å². The molecule has 6 rings (SSSR count). The highest BCUT2D eigenvalue weighted by Crippen LogP contribution is 2.41. The first-order chi connectivity index (χ1) is 20.1. The van der Waals surface area contributed by atoms with Gasteiger partial charge < -0.3 is 19.2 Å². The zero-order chi connectivity index (χ0) is 28.2. The summed E-state index contributed by atoms with van der Waals surface area (Å²) >= 11 is 5.28. The minimum atomic E-state index is -0.121. The van der Waals surface area contributed by atoms with Crippen LogP contribution in [-0.2, 0) is 26.0 Å². The Hall–Kier alpha value is -3.88. The molecule has 0 bridgehead atoms. The number of methoxy groups -OCH3 is 1. The molecule has 0 aliphatic heterocycles. The van der Waals surface area contributed by atoms with Gasteiger partial charge >= 0.3 is 0 Å². The Balaban J connectivity index is 1.24. The SMILES string of the molecule is COc1cc(C=Nc2sc3c(c2C(=O)NCc2ccco2)CCCC3)cc(Br)c1OCc1cccc2ccccc12. The summed E-state index contributed by atoms with van der Waals surface area (Å²) in [5, 5.41) is 6.07. The van der Waals surface area contributed by atoms with Crippen LogP contribution in [0.15, 0.2) is 86.9 Å². The molecule has 0 saturated carbocycles. The van der Waals surface area contributed by atoms with Crippen LogP contribution in [0.3, 0.4) is 0 Å². The van der Waals surface area contributed by atoms with E-state index in [1.54, 1.807) is 30.9 Å². The molecule has 1 aliphatic rings. The Morgan fingerprint density at radius 3 is 2.80 bits per heavy atom. The van der Waals surface area contributed by atoms with Gasteiger partial charge in [-0.15, -0.1) is 11.3 Å². The summed E-state index contributed by atoms with van der Waals surface area (Å²) in [4.78, 5) is 19.4. The van der Waals surface area contributed by atoms with E-state index in [4.69, 9.17) is 18.9 Å². The number of hydrogen-bond acceptors (Lipinski definition) is 6. The number of furan rings is 1. The molecule has 3 aromatic carbocycles. The lowest BCUT2D eigenvalue weighted by Crippen LogP contribution is -2.23. The summed E-state index contributed by atoms with van der Waals surface area (Å²) in [6.07, 6.45) is 7.48. The quantitative estimate of drug-likeness (QED) is 0.166. The Bertz CT molecular complexity index is 1720. The summed E-state index contributed by atoms with van der Waals surface area (Å²) in [6.45, 7) is 0.741. The summed E-state index contributed by atoms with van der Waals surface area (Å²) < 4.78 is 18.1. The van der Waals surface area contributed by atoms with Crippen molar-refractivity contribution >= 4 is 55.2 Å². The number of halogens is 1. The predicted molar refractivity (Wildman–Crippen MR) is 167 cm³/mol. The largest absolute Gasteiger partial charge is 0.493 e. The molecule has 0 atom stereocenters. The van der Waals surface area contributed by atoms with Gasteiger partial charge in [-0.25, -0.2) is 4.99 Å². The van der Waals surface area contributed by atoms with Crippen LogP contribution in [0.2, 0.25) is 0 Å². The molecular formula is C33H29BrN2O4S. The summed E-state index contributed by atoms with van der Waals surface area (Å²) in [7, 11) is 1.63. The Morgan fingerprint density at radius 2 is 1.95 bits per heavy atom. The molecule has 0 radical (unpaired) electrons. The van der Waals surface area contributed by atoms with E-state index in [0.717, 1.165) is 57.2 Å². The zero-order valence-corrected chi connectivity index (χ0v) is 25.0. The fourth-order valence-electron chi connectivity index (χ4n) is 5.20. The van der Waals surface area contributed by atoms with Crippen molar-refractivity contribution in [2.75, 3.05) is 7.11 Å². The van der Waals surface area contributed by atoms with E-state index in [9.17, 15) is 4.79 Å². The molecule has 0 fully saturated rings. The van der Waals surface area contributed by atoms with Crippen LogP contribution < -0.4 is 14.8 Å². The lowest BCUT2D eigenvalue weighted by atomic mass is 9.95. The number of hydrogen-bond donors (Lipinski definition) is 1. The zero-order valence-electron chi connectivity index (χ0n) is 22.6. The number of fused-ring (bicyclic) bond motifs is 2. The minimum absolute atomic E-state index is 0.121. The van der Waals surface area contributed by atoms with Gasteiger partial charge in [0.1, 0.15) is 17.4 Å². The van der Waals surface area contributed by atoms with Gasteiger partial charge in [0.25, 0.3) is 5.91 Å². The average Bonchev–Trinajstić information content (AvgIpc) is 3.66. The molecule has 0 saturated heterocycles. The highest BCUT2D eigenvalue weighted by Gasteiger charge is 2.25. The number of rotatable bonds is 9. The molecule has 1 N–H and O–H groups in total. The standard InChI is InChI=1S/C33H29BrN2O4S/c1-38-28-17-21(16-27(34)31(28)40-20-23-10-6-9-22-8-2-3-12-25(22)23)18-36-33-30(26-13-4-5-14-29(26)41-33)32(37)35-19-24-11-7-15-39-24/h2-3,6-12,15-18H,4-5,13-14,19-20H2,1H3,(H,35,37). The van der Waals surface area contributed by atoms with E-state index < -0.39 is 0 Å². The topological polar surface area (TPSA) is 73.1 Å². The van der Waals surface area contributed by atoms with Gasteiger partial charge in [-0.3, -0.25) is 4.79 Å². The maximum Gasteiger partial charge on any atom is 0.255 e. The molecule has 1 amide bonds. The third-order valence-corrected chi connectivity index (χ3v) is 9.01. The summed E-state index contributed by atoms with van der Waals surface area (Å²) in [5.74, 6) is 1.82. The highest BCUT2D eigenvalue weighted by molar-refractivity contribution is 9.10. The fourth-order valence-corrected chi connectivity index (χ4v) is 7.01. The lowest BCUT2D eigenvalue weighted by Gasteiger charge is -2.14. The normalized spacial score (nSPS) is 12.9. The van der Waals surface area contributed by atoms with Crippen molar-refractivity contribution in [1.82, 2.24) is 5.32 Å². The second-order valence-electron chi connectivity index (χ2n) is 9.87. The van der Waals surface area contributed by atoms with Crippen LogP contribution in [0.25, 0.3) is 10.8 Å². The van der Waals surface area contributed by atoms with Gasteiger partial charge in [0.05, 0.1) is 30.0 Å². The number of aliphatic imine (C=N–C) groups is 1. The molecular weight excluding hydrogens is 600 g/mol. The van der Waals surface area contributed by atoms with E-state index in [1.165, 1.54) is 10.3 Å². The molecule has 208 valence electrons. The Labute approximate surface area is 251 Å². The van der Waals surface area contributed by atoms with Crippen molar-refractivity contribution in [3.05, 3.63) is 110 Å². The van der Waals surface area contributed by atoms with Crippen LogP contribution in [-0.4, -0.2) is 19.2 Å². The number of thiophene rings is 1. The number of benzene rings is 3. The van der Waals surface area contributed by atoms with E-state index in [2.05, 4.69) is 45.5 Å². The molecule has 5 aromatic rings. The number of amides is 1. The van der Waals surface area contributed by atoms with E-state index in [0.29, 0.717) is 36.0 Å². The van der Waals surface area contributed by atoms with Crippen molar-refractivity contribution in [3.8, 4) is 11.5 Å². The highest BCUT2D eigenvalue weighted by atomic mass is 79.9. The maximum atomic E-state index is 13.3. The number of nitrogens with one attached hydrogen (secondary N) is 1. The molecule has 2 heterocycles. The van der Waals surface area contributed by atoms with Crippen molar-refractivity contribution in [3.63, 3.8) is 0 Å². The van der Waals surface area contributed by atoms with Crippen LogP contribution in [0.1, 0.15) is 50.5 Å². The first-order valence-corrected chi connectivity index (χ1v) is 15.2. The van der Waals surface area contributed by atoms with Gasteiger partial charge in [0.2, 0.25) is 0 Å². The summed E-state index contributed by atoms with van der Waals surface area (Å²) in [5.41, 5.74) is 3.73. The molecule has 8 heteroatoms. The van der Waals surface area contributed by atoms with Crippen LogP contribution in [0, 0.1) is 0 Å². The van der Waals surface area contributed by atoms with Gasteiger partial charge in [-0.05, 0) is 93.3 Å². The van der Waals surface area contributed by atoms with Gasteiger partial charge in [0, 0.05) is 11.1 Å². The molecule has 2 aromatic heterocycles. The van der Waals surface area contributed by atoms with Crippen LogP contribution >= 0.6 is 27.3 Å². The van der Waals surface area contributed by atoms with Crippen molar-refractivity contribution in [2.45, 2.75) is 38.8 Å². The number of ether oxygens (including phenoxy) is 2. The number of carbonyl (C=O) groups is 1. The summed E-state index contributed by atoms with van der Waals surface area (Å²) in [6, 6.07) is 22.0. The maximum absolute atomic E-state index is 13.3. The van der Waals surface area contributed by atoms with Gasteiger partial charge in [-0.2, -0.15) is 0 Å². The fraction of sp³-hybridized carbons (Fsp3) is 0.212. The molecule has 0 spiro atoms.